The summed E-state index contributed by atoms with van der Waals surface area (Å²) in [5.41, 5.74) is 39.3. The fourth-order valence-corrected chi connectivity index (χ4v) is 21.0. The van der Waals surface area contributed by atoms with Crippen LogP contribution in [-0.4, -0.2) is 0 Å². The van der Waals surface area contributed by atoms with Crippen molar-refractivity contribution >= 4 is 64.6 Å². The van der Waals surface area contributed by atoms with E-state index in [1.807, 2.05) is 0 Å². The second kappa shape index (κ2) is 25.1. The Morgan fingerprint density at radius 3 is 0.728 bits per heavy atom. The topological polar surface area (TPSA) is 0 Å². The van der Waals surface area contributed by atoms with Gasteiger partial charge in [-0.25, -0.2) is 0 Å². The fraction of sp³-hybridized carbons (Fsp3) is 0.105. The SMILES string of the molecule is CC1(C)c2ccccc2-c2ccc(-c3c4ccccc4c(-c4ccc(-c5ccc6ccccc6c5)cc4)c4cc(-c5ccc6ccccc6c5)ccc34)cc21.CC1(C)c2ccccc2-c2ccc(-c3ccc4c(-c5ccc6c(c5)C(C)(C)c5ccccc5-6)c5ccccc5c(-c5ccc6c(c5)C(C)(C)c5ccccc5-6)c4c3)cc21.[HH].[HH].[HH].[HH].[HH].[HH].[HH].[HH].[HH].[HH].[HH].[HH].[HH].[HH].[HH].[HH].[HH].[HH]. The summed E-state index contributed by atoms with van der Waals surface area (Å²) in [6.07, 6.45) is 0. The van der Waals surface area contributed by atoms with Gasteiger partial charge in [0, 0.05) is 47.3 Å². The van der Waals surface area contributed by atoms with E-state index >= 15 is 0 Å². The molecular weight excluding hydrogens is 1370 g/mol. The third-order valence-corrected chi connectivity index (χ3v) is 26.9. The second-order valence-electron chi connectivity index (χ2n) is 34.5. The lowest BCUT2D eigenvalue weighted by atomic mass is 9.79. The van der Waals surface area contributed by atoms with Crippen LogP contribution in [0.1, 0.15) is 126 Å². The lowest BCUT2D eigenvalue weighted by molar-refractivity contribution is 0.660. The zero-order valence-electron chi connectivity index (χ0n) is 65.6. The molecule has 0 aromatic heterocycles. The van der Waals surface area contributed by atoms with Crippen molar-refractivity contribution in [2.75, 3.05) is 0 Å². The normalized spacial score (nSPS) is 14.4. The second-order valence-corrected chi connectivity index (χ2v) is 34.5. The van der Waals surface area contributed by atoms with Crippen LogP contribution in [0.25, 0.3) is 187 Å². The average molecular weight is 1490 g/mol. The van der Waals surface area contributed by atoms with Crippen LogP contribution in [0.15, 0.2) is 364 Å². The van der Waals surface area contributed by atoms with Crippen molar-refractivity contribution in [3.05, 3.63) is 408 Å². The number of hydrogen-bond acceptors (Lipinski definition) is 0. The van der Waals surface area contributed by atoms with Gasteiger partial charge in [-0.05, 0) is 280 Å². The lowest BCUT2D eigenvalue weighted by Crippen LogP contribution is -2.15. The van der Waals surface area contributed by atoms with Crippen LogP contribution in [0.4, 0.5) is 0 Å². The molecule has 0 heteroatoms. The highest BCUT2D eigenvalue weighted by Gasteiger charge is 2.40. The Hall–Kier alpha value is -13.3. The molecule has 0 spiro atoms. The first-order chi connectivity index (χ1) is 55.5. The van der Waals surface area contributed by atoms with Gasteiger partial charge in [0.25, 0.3) is 0 Å². The van der Waals surface area contributed by atoms with Crippen molar-refractivity contribution < 1.29 is 25.7 Å². The minimum Gasteiger partial charge on any atom is -0.0619 e. The van der Waals surface area contributed by atoms with E-state index in [0.717, 1.165) is 0 Å². The molecule has 576 valence electrons. The van der Waals surface area contributed by atoms with E-state index in [4.69, 9.17) is 0 Å². The van der Waals surface area contributed by atoms with Crippen LogP contribution in [0.3, 0.4) is 0 Å². The first-order valence-electron chi connectivity index (χ1n) is 40.6. The lowest BCUT2D eigenvalue weighted by Gasteiger charge is -2.24. The molecule has 0 N–H and O–H groups in total. The molecule has 19 aromatic rings. The van der Waals surface area contributed by atoms with Gasteiger partial charge in [-0.15, -0.1) is 0 Å². The Morgan fingerprint density at radius 1 is 0.140 bits per heavy atom. The predicted octanol–water partition coefficient (Wildman–Crippen LogP) is 35.6. The van der Waals surface area contributed by atoms with Gasteiger partial charge in [-0.3, -0.25) is 0 Å². The molecule has 0 heterocycles. The fourth-order valence-electron chi connectivity index (χ4n) is 21.0. The maximum atomic E-state index is 2.51. The maximum Gasteiger partial charge on any atom is 0.0159 e. The predicted molar refractivity (Wildman–Crippen MR) is 524 cm³/mol. The summed E-state index contributed by atoms with van der Waals surface area (Å²) in [4.78, 5) is 0. The summed E-state index contributed by atoms with van der Waals surface area (Å²) in [6.45, 7) is 19.1. The molecule has 0 aliphatic heterocycles. The molecule has 0 bridgehead atoms. The van der Waals surface area contributed by atoms with Crippen LogP contribution < -0.4 is 0 Å². The molecule has 114 heavy (non-hydrogen) atoms. The van der Waals surface area contributed by atoms with E-state index in [-0.39, 0.29) is 47.3 Å². The van der Waals surface area contributed by atoms with Crippen molar-refractivity contribution in [3.63, 3.8) is 0 Å². The Labute approximate surface area is 694 Å². The smallest absolute Gasteiger partial charge is 0.0159 e. The molecule has 4 aliphatic rings. The highest BCUT2D eigenvalue weighted by molar-refractivity contribution is 6.24. The molecule has 0 saturated heterocycles. The Morgan fingerprint density at radius 2 is 0.360 bits per heavy atom. The zero-order valence-corrected chi connectivity index (χ0v) is 65.6. The molecule has 23 rings (SSSR count). The summed E-state index contributed by atoms with van der Waals surface area (Å²) >= 11 is 0. The Balaban J connectivity index is 0.000000487. The van der Waals surface area contributed by atoms with Gasteiger partial charge in [0.05, 0.1) is 0 Å². The summed E-state index contributed by atoms with van der Waals surface area (Å²) in [5, 5.41) is 15.3. The minimum absolute atomic E-state index is 0. The van der Waals surface area contributed by atoms with E-state index in [1.165, 1.54) is 232 Å². The van der Waals surface area contributed by atoms with E-state index in [2.05, 4.69) is 419 Å². The van der Waals surface area contributed by atoms with Crippen LogP contribution >= 0.6 is 0 Å². The van der Waals surface area contributed by atoms with Gasteiger partial charge in [0.1, 0.15) is 0 Å². The van der Waals surface area contributed by atoms with E-state index < -0.39 is 0 Å². The summed E-state index contributed by atoms with van der Waals surface area (Å²) in [6, 6.07) is 137. The third kappa shape index (κ3) is 10.2. The minimum atomic E-state index is -0.0950. The number of fused-ring (bicyclic) bond motifs is 18. The van der Waals surface area contributed by atoms with Crippen molar-refractivity contribution in [2.24, 2.45) is 0 Å². The summed E-state index contributed by atoms with van der Waals surface area (Å²) in [7, 11) is 0. The van der Waals surface area contributed by atoms with E-state index in [1.54, 1.807) is 0 Å². The molecule has 19 aromatic carbocycles. The zero-order chi connectivity index (χ0) is 76.7. The van der Waals surface area contributed by atoms with Gasteiger partial charge < -0.3 is 0 Å². The summed E-state index contributed by atoms with van der Waals surface area (Å²) in [5.74, 6) is 0. The summed E-state index contributed by atoms with van der Waals surface area (Å²) < 4.78 is 0. The molecule has 4 aliphatic carbocycles. The monoisotopic (exact) mass is 1490 g/mol. The van der Waals surface area contributed by atoms with Crippen molar-refractivity contribution in [1.29, 1.82) is 0 Å². The molecule has 0 unspecified atom stereocenters. The van der Waals surface area contributed by atoms with Crippen LogP contribution in [0.5, 0.6) is 0 Å². The first kappa shape index (κ1) is 67.6. The van der Waals surface area contributed by atoms with Crippen LogP contribution in [-0.2, 0) is 21.7 Å². The Kier molecular flexibility index (Phi) is 14.9. The molecule has 0 saturated carbocycles. The molecule has 0 radical (unpaired) electrons. The van der Waals surface area contributed by atoms with Gasteiger partial charge in [0.15, 0.2) is 0 Å². The van der Waals surface area contributed by atoms with Crippen molar-refractivity contribution in [2.45, 2.75) is 77.0 Å². The molecule has 0 amide bonds. The van der Waals surface area contributed by atoms with Crippen molar-refractivity contribution in [1.82, 2.24) is 0 Å². The van der Waals surface area contributed by atoms with Crippen LogP contribution in [0.2, 0.25) is 0 Å². The largest absolute Gasteiger partial charge is 0.0619 e. The van der Waals surface area contributed by atoms with Gasteiger partial charge in [-0.2, -0.15) is 0 Å². The third-order valence-electron chi connectivity index (χ3n) is 26.9. The highest BCUT2D eigenvalue weighted by Crippen LogP contribution is 2.57. The van der Waals surface area contributed by atoms with E-state index in [0.29, 0.717) is 0 Å². The van der Waals surface area contributed by atoms with Gasteiger partial charge >= 0.3 is 0 Å². The molecular formula is C114H120. The first-order valence-corrected chi connectivity index (χ1v) is 40.6. The van der Waals surface area contributed by atoms with Gasteiger partial charge in [-0.1, -0.05) is 371 Å². The highest BCUT2D eigenvalue weighted by atomic mass is 14.4. The quantitative estimate of drug-likeness (QED) is 0.140. The molecule has 0 nitrogen and oxygen atoms in total. The van der Waals surface area contributed by atoms with Crippen molar-refractivity contribution in [3.8, 4) is 122 Å². The van der Waals surface area contributed by atoms with Gasteiger partial charge in [0.2, 0.25) is 0 Å². The Bertz CT molecular complexity index is 7400. The maximum absolute atomic E-state index is 2.51. The number of rotatable bonds is 7. The van der Waals surface area contributed by atoms with E-state index in [9.17, 15) is 0 Å². The standard InChI is InChI=1S/C59H46.C55H38.18H2/c1-57(2)49-20-12-9-15-39(49)42-27-23-36(32-52(42)57)35-24-30-47-48(31-35)56(38-26-29-44-41-17-11-14-22-51(41)59(5,6)54(44)34-38)46-19-8-7-18-45(46)55(47)37-25-28-43-40-16-10-13-21-50(40)58(3,4)53(43)33-37;1-55(2)51-18-10-9-15-45(51)46-29-28-44(34-52(46)55)54-48-17-8-7-16-47(48)53(38-23-19-37(20-24-38)41-25-21-35-11-3-5-13-39(35)31-41)50-33-43(27-30-49(50)54)42-26-22-36-12-4-6-14-40(36)32-42;;;;;;;;;;;;;;;;;;/h7-34H,1-6H3;3-34H,1-2H3;18*1H. The number of benzene rings is 19. The number of hydrogen-bond donors (Lipinski definition) is 0. The molecule has 0 atom stereocenters. The average Bonchev–Trinajstić information content (AvgIpc) is 1.02. The van der Waals surface area contributed by atoms with Crippen LogP contribution in [0, 0.1) is 0 Å². The molecule has 0 fully saturated rings.